The van der Waals surface area contributed by atoms with Crippen molar-refractivity contribution >= 4 is 17.3 Å². The Morgan fingerprint density at radius 1 is 1.33 bits per heavy atom. The van der Waals surface area contributed by atoms with Crippen molar-refractivity contribution in [3.05, 3.63) is 64.0 Å². The first-order valence-corrected chi connectivity index (χ1v) is 9.20. The van der Waals surface area contributed by atoms with Crippen LogP contribution in [0.4, 0.5) is 11.4 Å². The smallest absolute Gasteiger partial charge is 0.293 e. The Bertz CT molecular complexity index is 825. The number of rotatable bonds is 5. The Morgan fingerprint density at radius 3 is 2.74 bits per heavy atom. The summed E-state index contributed by atoms with van der Waals surface area (Å²) in [4.78, 5) is 29.8. The molecule has 1 fully saturated rings. The lowest BCUT2D eigenvalue weighted by Gasteiger charge is -2.32. The normalized spacial score (nSPS) is 18.0. The van der Waals surface area contributed by atoms with Crippen LogP contribution in [0.25, 0.3) is 0 Å². The van der Waals surface area contributed by atoms with Gasteiger partial charge in [0.05, 0.1) is 11.0 Å². The molecule has 27 heavy (non-hydrogen) atoms. The maximum absolute atomic E-state index is 12.6. The predicted molar refractivity (Wildman–Crippen MR) is 104 cm³/mol. The number of nitrogens with zero attached hydrogens (tertiary/aromatic N) is 3. The first-order chi connectivity index (χ1) is 13.0. The monoisotopic (exact) mass is 368 g/mol. The van der Waals surface area contributed by atoms with Gasteiger partial charge < -0.3 is 10.2 Å². The molecule has 142 valence electrons. The zero-order valence-electron chi connectivity index (χ0n) is 15.6. The number of carbonyl (C=O) groups excluding carboxylic acids is 1. The molecule has 3 rings (SSSR count). The van der Waals surface area contributed by atoms with Crippen LogP contribution in [-0.2, 0) is 0 Å². The fourth-order valence-electron chi connectivity index (χ4n) is 3.50. The maximum Gasteiger partial charge on any atom is 0.293 e. The van der Waals surface area contributed by atoms with E-state index in [1.54, 1.807) is 24.5 Å². The van der Waals surface area contributed by atoms with Gasteiger partial charge in [-0.25, -0.2) is 0 Å². The van der Waals surface area contributed by atoms with Crippen molar-refractivity contribution in [3.8, 4) is 0 Å². The van der Waals surface area contributed by atoms with Gasteiger partial charge in [-0.3, -0.25) is 19.9 Å². The first kappa shape index (κ1) is 18.8. The lowest BCUT2D eigenvalue weighted by Crippen LogP contribution is -2.34. The third-order valence-electron chi connectivity index (χ3n) is 4.99. The van der Waals surface area contributed by atoms with Crippen molar-refractivity contribution in [2.75, 3.05) is 18.0 Å². The summed E-state index contributed by atoms with van der Waals surface area (Å²) in [5.41, 5.74) is 1.78. The number of piperidine rings is 1. The average Bonchev–Trinajstić information content (AvgIpc) is 2.68. The van der Waals surface area contributed by atoms with E-state index in [9.17, 15) is 14.9 Å². The highest BCUT2D eigenvalue weighted by Gasteiger charge is 2.25. The van der Waals surface area contributed by atoms with Crippen LogP contribution in [0.3, 0.4) is 0 Å². The van der Waals surface area contributed by atoms with E-state index in [-0.39, 0.29) is 23.2 Å². The molecular weight excluding hydrogens is 344 g/mol. The van der Waals surface area contributed by atoms with Crippen LogP contribution in [0.2, 0.25) is 0 Å². The van der Waals surface area contributed by atoms with Crippen molar-refractivity contribution in [3.63, 3.8) is 0 Å². The number of amides is 1. The molecule has 7 nitrogen and oxygen atoms in total. The summed E-state index contributed by atoms with van der Waals surface area (Å²) in [6, 6.07) is 8.17. The zero-order chi connectivity index (χ0) is 19.4. The molecule has 0 bridgehead atoms. The molecule has 1 N–H and O–H groups in total. The van der Waals surface area contributed by atoms with E-state index in [0.29, 0.717) is 11.6 Å². The van der Waals surface area contributed by atoms with E-state index < -0.39 is 4.92 Å². The van der Waals surface area contributed by atoms with Crippen LogP contribution in [-0.4, -0.2) is 28.9 Å². The van der Waals surface area contributed by atoms with E-state index in [1.807, 2.05) is 24.0 Å². The third-order valence-corrected chi connectivity index (χ3v) is 4.99. The minimum Gasteiger partial charge on any atom is -0.366 e. The molecule has 1 aliphatic heterocycles. The van der Waals surface area contributed by atoms with Crippen LogP contribution < -0.4 is 10.2 Å². The number of nitrogens with one attached hydrogen (secondary N) is 1. The second-order valence-electron chi connectivity index (χ2n) is 7.13. The number of hydrogen-bond donors (Lipinski definition) is 1. The predicted octanol–water partition coefficient (Wildman–Crippen LogP) is 3.72. The molecule has 1 aromatic carbocycles. The summed E-state index contributed by atoms with van der Waals surface area (Å²) < 4.78 is 0. The Morgan fingerprint density at radius 2 is 2.07 bits per heavy atom. The minimum atomic E-state index is -0.405. The standard InChI is InChI=1S/C20H24N4O3/c1-14-4-3-11-23(13-14)18-6-5-17(12-19(18)24(26)27)20(25)22-15(2)16-7-9-21-10-8-16/h5-10,12,14-15H,3-4,11,13H2,1-2H3,(H,22,25). The highest BCUT2D eigenvalue weighted by Crippen LogP contribution is 2.32. The number of nitro groups is 1. The van der Waals surface area contributed by atoms with Crippen LogP contribution in [0.5, 0.6) is 0 Å². The average molecular weight is 368 g/mol. The molecule has 1 aliphatic rings. The zero-order valence-corrected chi connectivity index (χ0v) is 15.6. The Labute approximate surface area is 158 Å². The molecule has 2 aromatic rings. The second-order valence-corrected chi connectivity index (χ2v) is 7.13. The van der Waals surface area contributed by atoms with Crippen molar-refractivity contribution in [1.82, 2.24) is 10.3 Å². The van der Waals surface area contributed by atoms with Crippen LogP contribution >= 0.6 is 0 Å². The highest BCUT2D eigenvalue weighted by atomic mass is 16.6. The number of hydrogen-bond acceptors (Lipinski definition) is 5. The number of benzene rings is 1. The summed E-state index contributed by atoms with van der Waals surface area (Å²) in [5.74, 6) is 0.170. The van der Waals surface area contributed by atoms with E-state index in [2.05, 4.69) is 17.2 Å². The van der Waals surface area contributed by atoms with Crippen LogP contribution in [0, 0.1) is 16.0 Å². The summed E-state index contributed by atoms with van der Waals surface area (Å²) in [6.07, 6.45) is 5.48. The van der Waals surface area contributed by atoms with Crippen LogP contribution in [0.1, 0.15) is 48.7 Å². The highest BCUT2D eigenvalue weighted by molar-refractivity contribution is 5.96. The van der Waals surface area contributed by atoms with Gasteiger partial charge in [0.25, 0.3) is 11.6 Å². The number of nitro benzene ring substituents is 1. The lowest BCUT2D eigenvalue weighted by atomic mass is 9.99. The van der Waals surface area contributed by atoms with E-state index >= 15 is 0 Å². The molecule has 1 saturated heterocycles. The van der Waals surface area contributed by atoms with E-state index in [1.165, 1.54) is 6.07 Å². The van der Waals surface area contributed by atoms with Gasteiger partial charge in [0.15, 0.2) is 0 Å². The molecule has 1 aromatic heterocycles. The van der Waals surface area contributed by atoms with Gasteiger partial charge in [0.1, 0.15) is 5.69 Å². The van der Waals surface area contributed by atoms with Gasteiger partial charge in [0, 0.05) is 37.1 Å². The van der Waals surface area contributed by atoms with Crippen molar-refractivity contribution < 1.29 is 9.72 Å². The quantitative estimate of drug-likeness (QED) is 0.642. The SMILES string of the molecule is CC1CCCN(c2ccc(C(=O)NC(C)c3ccncc3)cc2[N+](=O)[O-])C1. The molecule has 0 saturated carbocycles. The summed E-state index contributed by atoms with van der Waals surface area (Å²) in [7, 11) is 0. The molecule has 7 heteroatoms. The minimum absolute atomic E-state index is 0.0201. The Hall–Kier alpha value is -2.96. The lowest BCUT2D eigenvalue weighted by molar-refractivity contribution is -0.384. The third kappa shape index (κ3) is 4.42. The maximum atomic E-state index is 12.6. The van der Waals surface area contributed by atoms with Gasteiger partial charge >= 0.3 is 0 Å². The van der Waals surface area contributed by atoms with Gasteiger partial charge in [-0.1, -0.05) is 6.92 Å². The van der Waals surface area contributed by atoms with Crippen molar-refractivity contribution in [2.45, 2.75) is 32.7 Å². The Kier molecular flexibility index (Phi) is 5.69. The molecule has 2 atom stereocenters. The fourth-order valence-corrected chi connectivity index (χ4v) is 3.50. The largest absolute Gasteiger partial charge is 0.366 e. The number of aromatic nitrogens is 1. The summed E-state index contributed by atoms with van der Waals surface area (Å²) in [6.45, 7) is 5.62. The van der Waals surface area contributed by atoms with E-state index in [0.717, 1.165) is 31.5 Å². The number of carbonyl (C=O) groups is 1. The topological polar surface area (TPSA) is 88.4 Å². The molecule has 2 heterocycles. The van der Waals surface area contributed by atoms with Crippen molar-refractivity contribution in [2.24, 2.45) is 5.92 Å². The van der Waals surface area contributed by atoms with Gasteiger partial charge in [-0.2, -0.15) is 0 Å². The van der Waals surface area contributed by atoms with Crippen molar-refractivity contribution in [1.29, 1.82) is 0 Å². The summed E-state index contributed by atoms with van der Waals surface area (Å²) >= 11 is 0. The van der Waals surface area contributed by atoms with Gasteiger partial charge in [-0.15, -0.1) is 0 Å². The first-order valence-electron chi connectivity index (χ1n) is 9.20. The fraction of sp³-hybridized carbons (Fsp3) is 0.400. The number of anilines is 1. The molecule has 0 radical (unpaired) electrons. The van der Waals surface area contributed by atoms with Gasteiger partial charge in [-0.05, 0) is 55.5 Å². The van der Waals surface area contributed by atoms with E-state index in [4.69, 9.17) is 0 Å². The number of pyridine rings is 1. The Balaban J connectivity index is 1.81. The molecule has 1 amide bonds. The van der Waals surface area contributed by atoms with Crippen LogP contribution in [0.15, 0.2) is 42.7 Å². The second kappa shape index (κ2) is 8.16. The molecule has 2 unspecified atom stereocenters. The molecule has 0 spiro atoms. The molecular formula is C20H24N4O3. The van der Waals surface area contributed by atoms with Gasteiger partial charge in [0.2, 0.25) is 0 Å². The molecule has 0 aliphatic carbocycles. The summed E-state index contributed by atoms with van der Waals surface area (Å²) in [5, 5.41) is 14.5.